The van der Waals surface area contributed by atoms with Gasteiger partial charge in [-0.3, -0.25) is 0 Å². The van der Waals surface area contributed by atoms with E-state index in [1.165, 1.54) is 18.2 Å². The molecule has 0 aliphatic rings. The molecule has 0 radical (unpaired) electrons. The Bertz CT molecular complexity index is 377. The minimum Gasteiger partial charge on any atom is -0.744 e. The van der Waals surface area contributed by atoms with Crippen LogP contribution in [0.4, 0.5) is 0 Å². The normalized spacial score (nSPS) is 10.6. The van der Waals surface area contributed by atoms with Crippen molar-refractivity contribution in [1.29, 1.82) is 0 Å². The van der Waals surface area contributed by atoms with Crippen LogP contribution in [0.5, 0.6) is 0 Å². The SMILES string of the molecule is NCc1cccc(S(=O)(=O)[O-])c1.[Na+]. The van der Waals surface area contributed by atoms with Gasteiger partial charge in [0.1, 0.15) is 10.1 Å². The molecule has 0 spiro atoms. The van der Waals surface area contributed by atoms with Gasteiger partial charge in [-0.2, -0.15) is 0 Å². The van der Waals surface area contributed by atoms with E-state index in [0.717, 1.165) is 0 Å². The Morgan fingerprint density at radius 1 is 1.38 bits per heavy atom. The molecule has 0 saturated carbocycles. The zero-order valence-corrected chi connectivity index (χ0v) is 10.0. The van der Waals surface area contributed by atoms with Crippen molar-refractivity contribution in [3.8, 4) is 0 Å². The molecule has 0 heterocycles. The Balaban J connectivity index is 0.00000144. The van der Waals surface area contributed by atoms with Crippen molar-refractivity contribution in [2.45, 2.75) is 11.4 Å². The summed E-state index contributed by atoms with van der Waals surface area (Å²) >= 11 is 0. The quantitative estimate of drug-likeness (QED) is 0.417. The Hall–Kier alpha value is 0.0900. The number of rotatable bonds is 2. The predicted octanol–water partition coefficient (Wildman–Crippen LogP) is -2.95. The minimum atomic E-state index is -4.34. The molecule has 13 heavy (non-hydrogen) atoms. The van der Waals surface area contributed by atoms with Gasteiger partial charge in [-0.05, 0) is 17.7 Å². The van der Waals surface area contributed by atoms with E-state index in [2.05, 4.69) is 0 Å². The van der Waals surface area contributed by atoms with E-state index in [4.69, 9.17) is 5.73 Å². The summed E-state index contributed by atoms with van der Waals surface area (Å²) in [6, 6.07) is 5.69. The molecule has 0 fully saturated rings. The summed E-state index contributed by atoms with van der Waals surface area (Å²) in [5.41, 5.74) is 5.90. The summed E-state index contributed by atoms with van der Waals surface area (Å²) < 4.78 is 31.5. The Morgan fingerprint density at radius 2 is 2.00 bits per heavy atom. The Labute approximate surface area is 99.2 Å². The maximum absolute atomic E-state index is 10.5. The molecule has 4 nitrogen and oxygen atoms in total. The van der Waals surface area contributed by atoms with Gasteiger partial charge in [0.25, 0.3) is 0 Å². The van der Waals surface area contributed by atoms with Crippen LogP contribution in [0.25, 0.3) is 0 Å². The molecule has 1 aromatic carbocycles. The van der Waals surface area contributed by atoms with Crippen LogP contribution in [-0.2, 0) is 16.7 Å². The largest absolute Gasteiger partial charge is 1.00 e. The maximum atomic E-state index is 10.5. The van der Waals surface area contributed by atoms with Crippen LogP contribution in [0.3, 0.4) is 0 Å². The van der Waals surface area contributed by atoms with Crippen molar-refractivity contribution in [2.75, 3.05) is 0 Å². The van der Waals surface area contributed by atoms with Gasteiger partial charge in [0.05, 0.1) is 4.90 Å². The molecular weight excluding hydrogens is 201 g/mol. The third-order valence-corrected chi connectivity index (χ3v) is 2.25. The standard InChI is InChI=1S/C7H9NO3S.Na/c8-5-6-2-1-3-7(4-6)12(9,10)11;/h1-4H,5,8H2,(H,9,10,11);/q;+1/p-1. The van der Waals surface area contributed by atoms with Crippen LogP contribution in [0, 0.1) is 0 Å². The number of hydrogen-bond donors (Lipinski definition) is 1. The fourth-order valence-electron chi connectivity index (χ4n) is 0.828. The van der Waals surface area contributed by atoms with Gasteiger partial charge in [0.15, 0.2) is 0 Å². The second-order valence-electron chi connectivity index (χ2n) is 2.31. The second-order valence-corrected chi connectivity index (χ2v) is 3.69. The van der Waals surface area contributed by atoms with Crippen LogP contribution in [-0.4, -0.2) is 13.0 Å². The predicted molar refractivity (Wildman–Crippen MR) is 42.3 cm³/mol. The van der Waals surface area contributed by atoms with E-state index in [-0.39, 0.29) is 41.0 Å². The van der Waals surface area contributed by atoms with E-state index in [0.29, 0.717) is 5.56 Å². The third-order valence-electron chi connectivity index (χ3n) is 1.42. The van der Waals surface area contributed by atoms with Gasteiger partial charge >= 0.3 is 29.6 Å². The summed E-state index contributed by atoms with van der Waals surface area (Å²) in [7, 11) is -4.34. The molecule has 2 N–H and O–H groups in total. The minimum absolute atomic E-state index is 0. The summed E-state index contributed by atoms with van der Waals surface area (Å²) in [4.78, 5) is -0.231. The number of nitrogens with two attached hydrogens (primary N) is 1. The van der Waals surface area contributed by atoms with Crippen LogP contribution in [0.1, 0.15) is 5.56 Å². The number of benzene rings is 1. The summed E-state index contributed by atoms with van der Waals surface area (Å²) in [6.45, 7) is 0.226. The molecule has 0 bridgehead atoms. The van der Waals surface area contributed by atoms with Gasteiger partial charge in [-0.1, -0.05) is 12.1 Å². The monoisotopic (exact) mass is 209 g/mol. The van der Waals surface area contributed by atoms with E-state index >= 15 is 0 Å². The summed E-state index contributed by atoms with van der Waals surface area (Å²) in [5.74, 6) is 0. The molecular formula is C7H8NNaO3S. The molecule has 0 aliphatic heterocycles. The van der Waals surface area contributed by atoms with Crippen LogP contribution >= 0.6 is 0 Å². The van der Waals surface area contributed by atoms with Crippen molar-refractivity contribution in [2.24, 2.45) is 5.73 Å². The first-order chi connectivity index (χ1) is 5.54. The van der Waals surface area contributed by atoms with E-state index in [1.807, 2.05) is 0 Å². The molecule has 1 aromatic rings. The first-order valence-electron chi connectivity index (χ1n) is 3.29. The van der Waals surface area contributed by atoms with E-state index in [9.17, 15) is 13.0 Å². The Morgan fingerprint density at radius 3 is 2.46 bits per heavy atom. The van der Waals surface area contributed by atoms with Crippen LogP contribution in [0.2, 0.25) is 0 Å². The molecule has 0 saturated heterocycles. The van der Waals surface area contributed by atoms with Crippen LogP contribution < -0.4 is 35.3 Å². The third kappa shape index (κ3) is 3.76. The molecule has 1 rings (SSSR count). The van der Waals surface area contributed by atoms with E-state index < -0.39 is 10.1 Å². The van der Waals surface area contributed by atoms with Crippen molar-refractivity contribution in [3.05, 3.63) is 29.8 Å². The van der Waals surface area contributed by atoms with Gasteiger partial charge in [0, 0.05) is 6.54 Å². The summed E-state index contributed by atoms with van der Waals surface area (Å²) in [5, 5.41) is 0. The first kappa shape index (κ1) is 13.1. The zero-order chi connectivity index (χ0) is 9.19. The van der Waals surface area contributed by atoms with E-state index in [1.54, 1.807) is 6.07 Å². The average molecular weight is 209 g/mol. The van der Waals surface area contributed by atoms with Crippen LogP contribution in [0.15, 0.2) is 29.2 Å². The van der Waals surface area contributed by atoms with Crippen molar-refractivity contribution < 1.29 is 42.5 Å². The molecule has 0 amide bonds. The van der Waals surface area contributed by atoms with Crippen molar-refractivity contribution >= 4 is 10.1 Å². The molecule has 0 aromatic heterocycles. The number of hydrogen-bond acceptors (Lipinski definition) is 4. The van der Waals surface area contributed by atoms with Gasteiger partial charge < -0.3 is 10.3 Å². The van der Waals surface area contributed by atoms with Crippen molar-refractivity contribution in [3.63, 3.8) is 0 Å². The molecule has 0 atom stereocenters. The Kier molecular flexibility index (Phi) is 5.13. The van der Waals surface area contributed by atoms with Gasteiger partial charge in [-0.25, -0.2) is 8.42 Å². The van der Waals surface area contributed by atoms with Gasteiger partial charge in [-0.15, -0.1) is 0 Å². The zero-order valence-electron chi connectivity index (χ0n) is 7.23. The average Bonchev–Trinajstić information content (AvgIpc) is 2.03. The second kappa shape index (κ2) is 5.09. The first-order valence-corrected chi connectivity index (χ1v) is 4.70. The maximum Gasteiger partial charge on any atom is 1.00 e. The van der Waals surface area contributed by atoms with Gasteiger partial charge in [0.2, 0.25) is 0 Å². The smallest absolute Gasteiger partial charge is 0.744 e. The fraction of sp³-hybridized carbons (Fsp3) is 0.143. The topological polar surface area (TPSA) is 83.2 Å². The molecule has 0 unspecified atom stereocenters. The van der Waals surface area contributed by atoms with Crippen molar-refractivity contribution in [1.82, 2.24) is 0 Å². The fourth-order valence-corrected chi connectivity index (χ4v) is 1.37. The molecule has 6 heteroatoms. The molecule has 66 valence electrons. The summed E-state index contributed by atoms with van der Waals surface area (Å²) in [6.07, 6.45) is 0. The molecule has 0 aliphatic carbocycles.